The number of carbonyl (C=O) groups excluding carboxylic acids is 1. The molecule has 8 nitrogen and oxygen atoms in total. The number of benzene rings is 3. The van der Waals surface area contributed by atoms with Gasteiger partial charge in [-0.2, -0.15) is 0 Å². The number of nitrogens with zero attached hydrogens (tertiary/aromatic N) is 1. The third-order valence-electron chi connectivity index (χ3n) is 6.29. The van der Waals surface area contributed by atoms with Crippen LogP contribution in [0.5, 0.6) is 5.75 Å². The molecule has 4 rings (SSSR count). The number of hydrogen-bond donors (Lipinski definition) is 2. The van der Waals surface area contributed by atoms with Crippen LogP contribution in [0.2, 0.25) is 5.02 Å². The van der Waals surface area contributed by atoms with Gasteiger partial charge in [0.05, 0.1) is 6.61 Å². The van der Waals surface area contributed by atoms with Crippen molar-refractivity contribution in [1.82, 2.24) is 9.62 Å². The van der Waals surface area contributed by atoms with Crippen molar-refractivity contribution in [3.8, 4) is 5.75 Å². The minimum absolute atomic E-state index is 0.0232. The van der Waals surface area contributed by atoms with Gasteiger partial charge in [0.15, 0.2) is 11.6 Å². The number of amides is 2. The predicted octanol–water partition coefficient (Wildman–Crippen LogP) is 4.90. The first-order valence-electron chi connectivity index (χ1n) is 11.5. The highest BCUT2D eigenvalue weighted by atomic mass is 35.5. The molecule has 1 saturated heterocycles. The standard InChI is InChI=1S/C26H23ClF2N2O6S/c27-19-8-6-16(7-9-19)20-10-11-31(26(33)34)14-18(20)15-37-23-12-22(29)24(13-21(23)28)38(35,36)30-25(32)17-4-2-1-3-5-17/h1-9,12-13,18,20H,10-11,14-15H2,(H,30,32)(H,33,34)/t18-,20-/m0/s1. The van der Waals surface area contributed by atoms with Gasteiger partial charge in [0, 0.05) is 41.7 Å². The minimum Gasteiger partial charge on any atom is -0.490 e. The van der Waals surface area contributed by atoms with Crippen LogP contribution in [0.1, 0.15) is 28.3 Å². The fourth-order valence-electron chi connectivity index (χ4n) is 4.37. The molecule has 200 valence electrons. The lowest BCUT2D eigenvalue weighted by Crippen LogP contribution is -2.44. The van der Waals surface area contributed by atoms with Gasteiger partial charge in [0.25, 0.3) is 15.9 Å². The fourth-order valence-corrected chi connectivity index (χ4v) is 5.54. The van der Waals surface area contributed by atoms with Crippen LogP contribution in [0, 0.1) is 17.6 Å². The van der Waals surface area contributed by atoms with Crippen LogP contribution in [0.15, 0.2) is 71.6 Å². The molecule has 3 aromatic carbocycles. The van der Waals surface area contributed by atoms with Crippen molar-refractivity contribution in [2.45, 2.75) is 17.2 Å². The number of rotatable bonds is 7. The summed E-state index contributed by atoms with van der Waals surface area (Å²) in [5.74, 6) is -4.56. The smallest absolute Gasteiger partial charge is 0.407 e. The number of halogens is 3. The zero-order valence-corrected chi connectivity index (χ0v) is 21.4. The molecule has 0 spiro atoms. The predicted molar refractivity (Wildman–Crippen MR) is 135 cm³/mol. The van der Waals surface area contributed by atoms with E-state index in [-0.39, 0.29) is 24.6 Å². The second-order valence-corrected chi connectivity index (χ2v) is 10.8. The third-order valence-corrected chi connectivity index (χ3v) is 7.89. The Morgan fingerprint density at radius 3 is 2.39 bits per heavy atom. The van der Waals surface area contributed by atoms with Crippen molar-refractivity contribution >= 4 is 33.6 Å². The molecule has 12 heteroatoms. The molecular weight excluding hydrogens is 542 g/mol. The number of piperidine rings is 1. The molecule has 0 saturated carbocycles. The van der Waals surface area contributed by atoms with E-state index in [1.165, 1.54) is 29.2 Å². The summed E-state index contributed by atoms with van der Waals surface area (Å²) in [5, 5.41) is 9.97. The average molecular weight is 565 g/mol. The van der Waals surface area contributed by atoms with Gasteiger partial charge >= 0.3 is 6.09 Å². The summed E-state index contributed by atoms with van der Waals surface area (Å²) in [4.78, 5) is 23.9. The van der Waals surface area contributed by atoms with E-state index in [4.69, 9.17) is 16.3 Å². The molecule has 1 aliphatic heterocycles. The van der Waals surface area contributed by atoms with Crippen LogP contribution >= 0.6 is 11.6 Å². The van der Waals surface area contributed by atoms with Gasteiger partial charge in [0.1, 0.15) is 10.7 Å². The Labute approximate surface area is 222 Å². The van der Waals surface area contributed by atoms with Gasteiger partial charge in [0.2, 0.25) is 0 Å². The number of sulfonamides is 1. The first kappa shape index (κ1) is 27.3. The van der Waals surface area contributed by atoms with Crippen molar-refractivity contribution in [1.29, 1.82) is 0 Å². The molecule has 2 N–H and O–H groups in total. The van der Waals surface area contributed by atoms with E-state index in [0.29, 0.717) is 30.1 Å². The first-order valence-corrected chi connectivity index (χ1v) is 13.4. The van der Waals surface area contributed by atoms with Gasteiger partial charge in [-0.05, 0) is 42.2 Å². The summed E-state index contributed by atoms with van der Waals surface area (Å²) in [5.41, 5.74) is 0.922. The Morgan fingerprint density at radius 1 is 1.05 bits per heavy atom. The minimum atomic E-state index is -4.73. The molecule has 0 unspecified atom stereocenters. The molecule has 0 bridgehead atoms. The summed E-state index contributed by atoms with van der Waals surface area (Å²) in [7, 11) is -4.73. The van der Waals surface area contributed by atoms with Crippen molar-refractivity contribution in [2.24, 2.45) is 5.92 Å². The highest BCUT2D eigenvalue weighted by Crippen LogP contribution is 2.35. The van der Waals surface area contributed by atoms with Crippen LogP contribution in [0.25, 0.3) is 0 Å². The highest BCUT2D eigenvalue weighted by Gasteiger charge is 2.33. The molecule has 2 atom stereocenters. The third kappa shape index (κ3) is 6.22. The maximum atomic E-state index is 14.9. The number of carbonyl (C=O) groups is 2. The number of nitrogens with one attached hydrogen (secondary N) is 1. The summed E-state index contributed by atoms with van der Waals surface area (Å²) in [6.45, 7) is 0.234. The summed E-state index contributed by atoms with van der Waals surface area (Å²) in [6.07, 6.45) is -0.620. The Kier molecular flexibility index (Phi) is 8.17. The van der Waals surface area contributed by atoms with Gasteiger partial charge in [-0.1, -0.05) is 41.9 Å². The SMILES string of the molecule is O=C(NS(=O)(=O)c1cc(F)c(OC[C@@H]2CN(C(=O)O)CC[C@H]2c2ccc(Cl)cc2)cc1F)c1ccccc1. The van der Waals surface area contributed by atoms with Crippen molar-refractivity contribution in [3.63, 3.8) is 0 Å². The molecule has 0 aromatic heterocycles. The summed E-state index contributed by atoms with van der Waals surface area (Å²) < 4.78 is 62.1. The molecule has 0 aliphatic carbocycles. The highest BCUT2D eigenvalue weighted by molar-refractivity contribution is 7.90. The number of carboxylic acid groups (broad SMARTS) is 1. The first-order chi connectivity index (χ1) is 18.0. The van der Waals surface area contributed by atoms with E-state index in [1.54, 1.807) is 22.9 Å². The lowest BCUT2D eigenvalue weighted by Gasteiger charge is -2.37. The van der Waals surface area contributed by atoms with Crippen LogP contribution in [0.4, 0.5) is 13.6 Å². The molecule has 1 fully saturated rings. The van der Waals surface area contributed by atoms with E-state index in [1.807, 2.05) is 12.1 Å². The molecule has 38 heavy (non-hydrogen) atoms. The van der Waals surface area contributed by atoms with E-state index in [9.17, 15) is 31.9 Å². The zero-order valence-electron chi connectivity index (χ0n) is 19.8. The number of likely N-dealkylation sites (tertiary alicyclic amines) is 1. The number of hydrogen-bond acceptors (Lipinski definition) is 5. The van der Waals surface area contributed by atoms with Crippen molar-refractivity contribution in [3.05, 3.63) is 94.5 Å². The van der Waals surface area contributed by atoms with Crippen LogP contribution in [-0.2, 0) is 10.0 Å². The van der Waals surface area contributed by atoms with Gasteiger partial charge in [-0.25, -0.2) is 26.7 Å². The maximum Gasteiger partial charge on any atom is 0.407 e. The quantitative estimate of drug-likeness (QED) is 0.422. The molecular formula is C26H23ClF2N2O6S. The molecule has 1 aliphatic rings. The van der Waals surface area contributed by atoms with Crippen LogP contribution in [0.3, 0.4) is 0 Å². The molecule has 1 heterocycles. The van der Waals surface area contributed by atoms with Crippen LogP contribution < -0.4 is 9.46 Å². The largest absolute Gasteiger partial charge is 0.490 e. The van der Waals surface area contributed by atoms with E-state index in [0.717, 1.165) is 5.56 Å². The Balaban J connectivity index is 1.52. The van der Waals surface area contributed by atoms with Gasteiger partial charge in [-0.3, -0.25) is 4.79 Å². The monoisotopic (exact) mass is 564 g/mol. The summed E-state index contributed by atoms with van der Waals surface area (Å²) >= 11 is 5.98. The van der Waals surface area contributed by atoms with Crippen LogP contribution in [-0.4, -0.2) is 50.1 Å². The van der Waals surface area contributed by atoms with Gasteiger partial charge in [-0.15, -0.1) is 0 Å². The van der Waals surface area contributed by atoms with E-state index >= 15 is 0 Å². The second kappa shape index (κ2) is 11.4. The number of ether oxygens (including phenoxy) is 1. The lowest BCUT2D eigenvalue weighted by atomic mass is 9.81. The van der Waals surface area contributed by atoms with Gasteiger partial charge < -0.3 is 14.7 Å². The Morgan fingerprint density at radius 2 is 1.74 bits per heavy atom. The fraction of sp³-hybridized carbons (Fsp3) is 0.231. The average Bonchev–Trinajstić information content (AvgIpc) is 2.89. The lowest BCUT2D eigenvalue weighted by molar-refractivity contribution is 0.0927. The summed E-state index contributed by atoms with van der Waals surface area (Å²) in [6, 6.07) is 15.5. The van der Waals surface area contributed by atoms with Crippen molar-refractivity contribution < 1.29 is 36.6 Å². The topological polar surface area (TPSA) is 113 Å². The molecule has 0 radical (unpaired) electrons. The van der Waals surface area contributed by atoms with E-state index in [2.05, 4.69) is 0 Å². The normalized spacial score (nSPS) is 17.6. The second-order valence-electron chi connectivity index (χ2n) is 8.76. The Hall–Kier alpha value is -3.70. The van der Waals surface area contributed by atoms with Crippen molar-refractivity contribution in [2.75, 3.05) is 19.7 Å². The maximum absolute atomic E-state index is 14.9. The molecule has 3 aromatic rings. The zero-order chi connectivity index (χ0) is 27.4. The van der Waals surface area contributed by atoms with E-state index < -0.39 is 50.2 Å². The molecule has 2 amide bonds. The Bertz CT molecular complexity index is 1440.